The molecule has 1 aromatic rings. The van der Waals surface area contributed by atoms with E-state index in [4.69, 9.17) is 0 Å². The maximum Gasteiger partial charge on any atom is 0.200 e. The van der Waals surface area contributed by atoms with Crippen LogP contribution in [0.2, 0.25) is 0 Å². The summed E-state index contributed by atoms with van der Waals surface area (Å²) < 4.78 is 0. The van der Waals surface area contributed by atoms with Crippen LogP contribution in [0.25, 0.3) is 0 Å². The van der Waals surface area contributed by atoms with Gasteiger partial charge in [-0.3, -0.25) is 0 Å². The van der Waals surface area contributed by atoms with Crippen LogP contribution in [0, 0.1) is 0 Å². The topological polar surface area (TPSA) is 60.7 Å². The largest absolute Gasteiger partial charge is 0.504 e. The molecule has 80 valence electrons. The van der Waals surface area contributed by atoms with Crippen LogP contribution < -0.4 is 0 Å². The van der Waals surface area contributed by atoms with E-state index in [1.54, 1.807) is 18.2 Å². The summed E-state index contributed by atoms with van der Waals surface area (Å²) in [6, 6.07) is 1.63. The van der Waals surface area contributed by atoms with Crippen LogP contribution in [0.15, 0.2) is 31.4 Å². The molecule has 0 saturated carbocycles. The zero-order chi connectivity index (χ0) is 11.4. The molecule has 0 heterocycles. The number of allylic oxidation sites excluding steroid dienone is 2. The summed E-state index contributed by atoms with van der Waals surface area (Å²) in [6.45, 7) is 7.10. The summed E-state index contributed by atoms with van der Waals surface area (Å²) in [5.74, 6) is -1.06. The molecule has 0 radical (unpaired) electrons. The van der Waals surface area contributed by atoms with Gasteiger partial charge in [0.05, 0.1) is 0 Å². The Labute approximate surface area is 88.6 Å². The van der Waals surface area contributed by atoms with Crippen molar-refractivity contribution >= 4 is 0 Å². The third kappa shape index (κ3) is 2.13. The first kappa shape index (κ1) is 11.2. The van der Waals surface area contributed by atoms with Crippen molar-refractivity contribution in [3.63, 3.8) is 0 Å². The summed E-state index contributed by atoms with van der Waals surface area (Å²) in [5, 5.41) is 28.5. The number of hydrogen-bond acceptors (Lipinski definition) is 3. The summed E-state index contributed by atoms with van der Waals surface area (Å²) in [6.07, 6.45) is 4.10. The second-order valence-electron chi connectivity index (χ2n) is 3.23. The Hall–Kier alpha value is -1.90. The minimum absolute atomic E-state index is 0.291. The van der Waals surface area contributed by atoms with Gasteiger partial charge in [-0.25, -0.2) is 0 Å². The Bertz CT molecular complexity index is 360. The van der Waals surface area contributed by atoms with E-state index in [0.29, 0.717) is 24.0 Å². The van der Waals surface area contributed by atoms with E-state index in [1.165, 1.54) is 0 Å². The Balaban J connectivity index is 3.30. The molecule has 0 bridgehead atoms. The van der Waals surface area contributed by atoms with Crippen LogP contribution in [0.5, 0.6) is 17.2 Å². The van der Waals surface area contributed by atoms with Gasteiger partial charge in [0, 0.05) is 11.1 Å². The second-order valence-corrected chi connectivity index (χ2v) is 3.23. The molecule has 0 aliphatic heterocycles. The Kier molecular flexibility index (Phi) is 3.39. The second kappa shape index (κ2) is 4.55. The zero-order valence-corrected chi connectivity index (χ0v) is 8.40. The van der Waals surface area contributed by atoms with Gasteiger partial charge < -0.3 is 15.3 Å². The first-order valence-electron chi connectivity index (χ1n) is 4.59. The molecule has 0 amide bonds. The fourth-order valence-electron chi connectivity index (χ4n) is 1.39. The smallest absolute Gasteiger partial charge is 0.200 e. The van der Waals surface area contributed by atoms with Gasteiger partial charge in [0.2, 0.25) is 5.75 Å². The number of aromatic hydroxyl groups is 3. The number of hydrogen-bond donors (Lipinski definition) is 3. The van der Waals surface area contributed by atoms with E-state index in [2.05, 4.69) is 13.2 Å². The lowest BCUT2D eigenvalue weighted by molar-refractivity contribution is 0.363. The van der Waals surface area contributed by atoms with Gasteiger partial charge in [0.25, 0.3) is 0 Å². The summed E-state index contributed by atoms with van der Waals surface area (Å²) in [7, 11) is 0. The fraction of sp³-hybridized carbons (Fsp3) is 0.167. The molecule has 0 atom stereocenters. The van der Waals surface area contributed by atoms with Crippen LogP contribution in [-0.4, -0.2) is 15.3 Å². The van der Waals surface area contributed by atoms with E-state index in [9.17, 15) is 15.3 Å². The van der Waals surface area contributed by atoms with Crippen LogP contribution in [0.1, 0.15) is 11.1 Å². The van der Waals surface area contributed by atoms with E-state index in [0.717, 1.165) is 0 Å². The van der Waals surface area contributed by atoms with E-state index < -0.39 is 5.75 Å². The molecule has 3 nitrogen and oxygen atoms in total. The maximum atomic E-state index is 9.52. The average molecular weight is 206 g/mol. The molecule has 3 N–H and O–H groups in total. The lowest BCUT2D eigenvalue weighted by Crippen LogP contribution is -1.90. The number of rotatable bonds is 4. The lowest BCUT2D eigenvalue weighted by Gasteiger charge is -2.10. The predicted molar refractivity (Wildman–Crippen MR) is 59.2 cm³/mol. The summed E-state index contributed by atoms with van der Waals surface area (Å²) in [5.41, 5.74) is 1.08. The van der Waals surface area contributed by atoms with Crippen molar-refractivity contribution in [2.45, 2.75) is 12.8 Å². The molecule has 0 spiro atoms. The van der Waals surface area contributed by atoms with E-state index in [-0.39, 0.29) is 11.5 Å². The first-order chi connectivity index (χ1) is 7.11. The van der Waals surface area contributed by atoms with Gasteiger partial charge in [-0.1, -0.05) is 12.2 Å². The van der Waals surface area contributed by atoms with Crippen molar-refractivity contribution in [3.05, 3.63) is 42.5 Å². The van der Waals surface area contributed by atoms with Crippen molar-refractivity contribution in [3.8, 4) is 17.2 Å². The third-order valence-electron chi connectivity index (χ3n) is 2.13. The highest BCUT2D eigenvalue weighted by molar-refractivity contribution is 5.58. The molecule has 0 saturated heterocycles. The minimum atomic E-state index is -0.480. The zero-order valence-electron chi connectivity index (χ0n) is 8.40. The van der Waals surface area contributed by atoms with Gasteiger partial charge in [0.15, 0.2) is 11.5 Å². The van der Waals surface area contributed by atoms with Gasteiger partial charge in [-0.2, -0.15) is 0 Å². The highest BCUT2D eigenvalue weighted by atomic mass is 16.3. The number of phenolic OH excluding ortho intramolecular Hbond substituents is 3. The fourth-order valence-corrected chi connectivity index (χ4v) is 1.39. The Morgan fingerprint density at radius 3 is 1.60 bits per heavy atom. The predicted octanol–water partition coefficient (Wildman–Crippen LogP) is 2.26. The SMILES string of the molecule is C=CCc1cc(CC=C)c(O)c(O)c1O. The van der Waals surface area contributed by atoms with Gasteiger partial charge in [-0.05, 0) is 18.9 Å². The van der Waals surface area contributed by atoms with Gasteiger partial charge in [-0.15, -0.1) is 13.2 Å². The Morgan fingerprint density at radius 1 is 0.867 bits per heavy atom. The molecule has 0 aliphatic rings. The normalized spacial score (nSPS) is 9.87. The van der Waals surface area contributed by atoms with Crippen molar-refractivity contribution in [2.75, 3.05) is 0 Å². The van der Waals surface area contributed by atoms with Crippen molar-refractivity contribution < 1.29 is 15.3 Å². The molecule has 0 aliphatic carbocycles. The standard InChI is InChI=1S/C12H14O3/c1-3-5-8-7-9(6-4-2)11(14)12(15)10(8)13/h3-4,7,13-15H,1-2,5-6H2. The number of phenols is 3. The van der Waals surface area contributed by atoms with Crippen molar-refractivity contribution in [1.82, 2.24) is 0 Å². The average Bonchev–Trinajstić information content (AvgIpc) is 2.22. The van der Waals surface area contributed by atoms with Crippen LogP contribution >= 0.6 is 0 Å². The lowest BCUT2D eigenvalue weighted by atomic mass is 10.0. The molecule has 0 fully saturated rings. The first-order valence-corrected chi connectivity index (χ1v) is 4.59. The van der Waals surface area contributed by atoms with Gasteiger partial charge >= 0.3 is 0 Å². The minimum Gasteiger partial charge on any atom is -0.504 e. The van der Waals surface area contributed by atoms with Crippen LogP contribution in [0.3, 0.4) is 0 Å². The highest BCUT2D eigenvalue weighted by Gasteiger charge is 2.14. The number of benzene rings is 1. The van der Waals surface area contributed by atoms with Crippen molar-refractivity contribution in [1.29, 1.82) is 0 Å². The monoisotopic (exact) mass is 206 g/mol. The molecule has 15 heavy (non-hydrogen) atoms. The molecule has 0 unspecified atom stereocenters. The molecular weight excluding hydrogens is 192 g/mol. The van der Waals surface area contributed by atoms with Crippen LogP contribution in [0.4, 0.5) is 0 Å². The summed E-state index contributed by atoms with van der Waals surface area (Å²) in [4.78, 5) is 0. The highest BCUT2D eigenvalue weighted by Crippen LogP contribution is 2.40. The molecule has 1 rings (SSSR count). The molecule has 0 aromatic heterocycles. The maximum absolute atomic E-state index is 9.52. The van der Waals surface area contributed by atoms with Crippen LogP contribution in [-0.2, 0) is 12.8 Å². The third-order valence-corrected chi connectivity index (χ3v) is 2.13. The molecule has 1 aromatic carbocycles. The Morgan fingerprint density at radius 2 is 1.27 bits per heavy atom. The van der Waals surface area contributed by atoms with Gasteiger partial charge in [0.1, 0.15) is 0 Å². The molecule has 3 heteroatoms. The summed E-state index contributed by atoms with van der Waals surface area (Å²) >= 11 is 0. The van der Waals surface area contributed by atoms with E-state index in [1.807, 2.05) is 0 Å². The van der Waals surface area contributed by atoms with E-state index >= 15 is 0 Å². The van der Waals surface area contributed by atoms with Crippen molar-refractivity contribution in [2.24, 2.45) is 0 Å². The molecular formula is C12H14O3. The quantitative estimate of drug-likeness (QED) is 0.523.